The van der Waals surface area contributed by atoms with Crippen LogP contribution < -0.4 is 10.2 Å². The minimum Gasteiger partial charge on any atom is -0.356 e. The fraction of sp³-hybridized carbons (Fsp3) is 0.280. The molecule has 0 unspecified atom stereocenters. The van der Waals surface area contributed by atoms with Crippen molar-refractivity contribution >= 4 is 34.6 Å². The Balaban J connectivity index is 1.27. The Morgan fingerprint density at radius 3 is 2.71 bits per heavy atom. The van der Waals surface area contributed by atoms with Crippen LogP contribution in [0.2, 0.25) is 0 Å². The van der Waals surface area contributed by atoms with Crippen molar-refractivity contribution in [1.82, 2.24) is 20.4 Å². The van der Waals surface area contributed by atoms with Crippen LogP contribution in [0.4, 0.5) is 10.2 Å². The Kier molecular flexibility index (Phi) is 6.44. The zero-order valence-corrected chi connectivity index (χ0v) is 19.5. The van der Waals surface area contributed by atoms with Crippen molar-refractivity contribution in [2.45, 2.75) is 24.3 Å². The average molecular weight is 478 g/mol. The molecular formula is C25H24FN5O2S. The van der Waals surface area contributed by atoms with Gasteiger partial charge in [0.05, 0.1) is 0 Å². The Morgan fingerprint density at radius 2 is 1.97 bits per heavy atom. The van der Waals surface area contributed by atoms with E-state index in [1.165, 1.54) is 23.4 Å². The Labute approximate surface area is 200 Å². The van der Waals surface area contributed by atoms with E-state index < -0.39 is 0 Å². The number of nitrogens with one attached hydrogen (secondary N) is 1. The van der Waals surface area contributed by atoms with Gasteiger partial charge in [0.1, 0.15) is 29.0 Å². The highest BCUT2D eigenvalue weighted by molar-refractivity contribution is 7.98. The van der Waals surface area contributed by atoms with E-state index in [2.05, 4.69) is 37.5 Å². The molecule has 0 radical (unpaired) electrons. The fourth-order valence-corrected chi connectivity index (χ4v) is 4.68. The van der Waals surface area contributed by atoms with Crippen molar-refractivity contribution in [2.24, 2.45) is 5.92 Å². The van der Waals surface area contributed by atoms with Gasteiger partial charge in [-0.2, -0.15) is 4.98 Å². The molecule has 174 valence electrons. The molecule has 4 aromatic rings. The molecule has 0 bridgehead atoms. The number of benzene rings is 2. The van der Waals surface area contributed by atoms with E-state index in [1.807, 2.05) is 18.4 Å². The van der Waals surface area contributed by atoms with Gasteiger partial charge < -0.3 is 14.7 Å². The summed E-state index contributed by atoms with van der Waals surface area (Å²) in [4.78, 5) is 24.8. The van der Waals surface area contributed by atoms with Crippen molar-refractivity contribution in [3.05, 3.63) is 66.2 Å². The molecule has 1 fully saturated rings. The standard InChI is InChI=1S/C25H24FN5O2S/c1-34-20-7-5-16(6-8-20)14-27-24(32)17-9-11-31(12-10-17)23-21-22(18-3-2-4-19(26)13-18)30-33-25(21)29-15-28-23/h2-8,13,15,17H,9-12,14H2,1H3,(H,27,32). The summed E-state index contributed by atoms with van der Waals surface area (Å²) < 4.78 is 19.2. The number of piperidine rings is 1. The lowest BCUT2D eigenvalue weighted by Gasteiger charge is -2.32. The first-order valence-corrected chi connectivity index (χ1v) is 12.4. The monoisotopic (exact) mass is 477 g/mol. The van der Waals surface area contributed by atoms with E-state index in [4.69, 9.17) is 4.52 Å². The maximum absolute atomic E-state index is 13.8. The van der Waals surface area contributed by atoms with Crippen LogP contribution in [-0.4, -0.2) is 40.4 Å². The van der Waals surface area contributed by atoms with Crippen molar-refractivity contribution in [3.8, 4) is 11.3 Å². The second-order valence-electron chi connectivity index (χ2n) is 8.25. The first kappa shape index (κ1) is 22.3. The predicted octanol–water partition coefficient (Wildman–Crippen LogP) is 4.68. The second kappa shape index (κ2) is 9.80. The van der Waals surface area contributed by atoms with Gasteiger partial charge in [-0.3, -0.25) is 4.79 Å². The van der Waals surface area contributed by atoms with Crippen LogP contribution in [0.3, 0.4) is 0 Å². The van der Waals surface area contributed by atoms with Crippen LogP contribution >= 0.6 is 11.8 Å². The number of thioether (sulfide) groups is 1. The number of rotatable bonds is 6. The minimum absolute atomic E-state index is 0.0517. The molecule has 7 nitrogen and oxygen atoms in total. The highest BCUT2D eigenvalue weighted by atomic mass is 32.2. The van der Waals surface area contributed by atoms with Crippen LogP contribution in [0.15, 0.2) is 64.3 Å². The maximum atomic E-state index is 13.8. The summed E-state index contributed by atoms with van der Waals surface area (Å²) in [5, 5.41) is 7.86. The molecule has 1 N–H and O–H groups in total. The zero-order valence-electron chi connectivity index (χ0n) is 18.7. The van der Waals surface area contributed by atoms with Crippen LogP contribution in [0.1, 0.15) is 18.4 Å². The Bertz CT molecular complexity index is 1300. The summed E-state index contributed by atoms with van der Waals surface area (Å²) >= 11 is 1.70. The number of carbonyl (C=O) groups excluding carboxylic acids is 1. The molecule has 1 saturated heterocycles. The molecule has 1 amide bonds. The summed E-state index contributed by atoms with van der Waals surface area (Å²) in [5.41, 5.74) is 2.56. The molecule has 1 aliphatic rings. The summed E-state index contributed by atoms with van der Waals surface area (Å²) in [5.74, 6) is 0.369. The summed E-state index contributed by atoms with van der Waals surface area (Å²) in [6.07, 6.45) is 4.91. The lowest BCUT2D eigenvalue weighted by molar-refractivity contribution is -0.125. The number of aromatic nitrogens is 3. The molecule has 2 aromatic carbocycles. The Morgan fingerprint density at radius 1 is 1.18 bits per heavy atom. The summed E-state index contributed by atoms with van der Waals surface area (Å²) in [6, 6.07) is 14.4. The van der Waals surface area contributed by atoms with E-state index in [-0.39, 0.29) is 17.6 Å². The van der Waals surface area contributed by atoms with Gasteiger partial charge in [-0.25, -0.2) is 9.37 Å². The first-order valence-electron chi connectivity index (χ1n) is 11.1. The molecule has 2 aromatic heterocycles. The van der Waals surface area contributed by atoms with Gasteiger partial charge >= 0.3 is 0 Å². The van der Waals surface area contributed by atoms with Crippen LogP contribution in [-0.2, 0) is 11.3 Å². The molecule has 3 heterocycles. The van der Waals surface area contributed by atoms with E-state index in [9.17, 15) is 9.18 Å². The van der Waals surface area contributed by atoms with Crippen molar-refractivity contribution in [3.63, 3.8) is 0 Å². The number of halogens is 1. The fourth-order valence-electron chi connectivity index (χ4n) is 4.27. The van der Waals surface area contributed by atoms with Crippen LogP contribution in [0, 0.1) is 11.7 Å². The quantitative estimate of drug-likeness (QED) is 0.404. The largest absolute Gasteiger partial charge is 0.356 e. The molecule has 34 heavy (non-hydrogen) atoms. The van der Waals surface area contributed by atoms with Gasteiger partial charge in [0.2, 0.25) is 5.91 Å². The maximum Gasteiger partial charge on any atom is 0.263 e. The van der Waals surface area contributed by atoms with E-state index in [0.717, 1.165) is 5.56 Å². The third kappa shape index (κ3) is 4.61. The van der Waals surface area contributed by atoms with Crippen molar-refractivity contribution in [2.75, 3.05) is 24.2 Å². The van der Waals surface area contributed by atoms with Gasteiger partial charge in [0.25, 0.3) is 5.71 Å². The highest BCUT2D eigenvalue weighted by Crippen LogP contribution is 2.34. The molecule has 0 spiro atoms. The molecule has 0 aliphatic carbocycles. The van der Waals surface area contributed by atoms with Gasteiger partial charge in [0, 0.05) is 36.0 Å². The number of amides is 1. The Hall–Kier alpha value is -3.46. The second-order valence-corrected chi connectivity index (χ2v) is 9.13. The number of fused-ring (bicyclic) bond motifs is 1. The highest BCUT2D eigenvalue weighted by Gasteiger charge is 2.28. The van der Waals surface area contributed by atoms with Gasteiger partial charge in [-0.15, -0.1) is 11.8 Å². The number of nitrogens with zero attached hydrogens (tertiary/aromatic N) is 4. The van der Waals surface area contributed by atoms with Crippen LogP contribution in [0.25, 0.3) is 22.4 Å². The number of carbonyl (C=O) groups is 1. The lowest BCUT2D eigenvalue weighted by Crippen LogP contribution is -2.40. The smallest absolute Gasteiger partial charge is 0.263 e. The van der Waals surface area contributed by atoms with Gasteiger partial charge in [-0.05, 0) is 48.9 Å². The van der Waals surface area contributed by atoms with E-state index in [0.29, 0.717) is 60.7 Å². The van der Waals surface area contributed by atoms with Crippen LogP contribution in [0.5, 0.6) is 0 Å². The number of hydrogen-bond acceptors (Lipinski definition) is 7. The average Bonchev–Trinajstić information content (AvgIpc) is 3.32. The third-order valence-corrected chi connectivity index (χ3v) is 6.89. The number of anilines is 1. The van der Waals surface area contributed by atoms with E-state index in [1.54, 1.807) is 23.9 Å². The molecule has 0 saturated carbocycles. The van der Waals surface area contributed by atoms with Gasteiger partial charge in [-0.1, -0.05) is 29.4 Å². The molecule has 0 atom stereocenters. The van der Waals surface area contributed by atoms with Gasteiger partial charge in [0.15, 0.2) is 0 Å². The predicted molar refractivity (Wildman–Crippen MR) is 130 cm³/mol. The molecular weight excluding hydrogens is 453 g/mol. The summed E-state index contributed by atoms with van der Waals surface area (Å²) in [7, 11) is 0. The van der Waals surface area contributed by atoms with E-state index >= 15 is 0 Å². The normalized spacial score (nSPS) is 14.5. The third-order valence-electron chi connectivity index (χ3n) is 6.14. The molecule has 5 rings (SSSR count). The first-order chi connectivity index (χ1) is 16.6. The minimum atomic E-state index is -0.348. The SMILES string of the molecule is CSc1ccc(CNC(=O)C2CCN(c3ncnc4onc(-c5cccc(F)c5)c34)CC2)cc1. The molecule has 9 heteroatoms. The lowest BCUT2D eigenvalue weighted by atomic mass is 9.95. The molecule has 1 aliphatic heterocycles. The zero-order chi connectivity index (χ0) is 23.5. The van der Waals surface area contributed by atoms with Crippen molar-refractivity contribution in [1.29, 1.82) is 0 Å². The summed E-state index contributed by atoms with van der Waals surface area (Å²) in [6.45, 7) is 1.86. The topological polar surface area (TPSA) is 84.2 Å². The number of hydrogen-bond donors (Lipinski definition) is 1. The van der Waals surface area contributed by atoms with Crippen molar-refractivity contribution < 1.29 is 13.7 Å².